The van der Waals surface area contributed by atoms with Crippen LogP contribution < -0.4 is 5.73 Å². The quantitative estimate of drug-likeness (QED) is 0.507. The average molecular weight is 258 g/mol. The maximum Gasteiger partial charge on any atom is 0.330 e. The van der Waals surface area contributed by atoms with Crippen LogP contribution in [0.4, 0.5) is 0 Å². The van der Waals surface area contributed by atoms with Crippen LogP contribution in [0.2, 0.25) is 0 Å². The van der Waals surface area contributed by atoms with Crippen molar-refractivity contribution in [3.05, 3.63) is 54.4 Å². The third-order valence-electron chi connectivity index (χ3n) is 2.79. The van der Waals surface area contributed by atoms with E-state index in [1.165, 1.54) is 7.11 Å². The lowest BCUT2D eigenvalue weighted by Gasteiger charge is -2.09. The molecule has 19 heavy (non-hydrogen) atoms. The SMILES string of the molecule is COC(=O)C(N)C(=O)c1ccc(-n2cccc2)cc1. The fraction of sp³-hybridized carbons (Fsp3) is 0.143. The zero-order valence-electron chi connectivity index (χ0n) is 10.4. The number of hydrogen-bond donors (Lipinski definition) is 1. The number of hydrogen-bond acceptors (Lipinski definition) is 4. The van der Waals surface area contributed by atoms with Crippen molar-refractivity contribution < 1.29 is 14.3 Å². The van der Waals surface area contributed by atoms with Crippen LogP contribution in [0.5, 0.6) is 0 Å². The molecule has 0 spiro atoms. The summed E-state index contributed by atoms with van der Waals surface area (Å²) in [5.41, 5.74) is 6.81. The molecule has 2 aromatic rings. The molecule has 0 amide bonds. The Morgan fingerprint density at radius 3 is 2.26 bits per heavy atom. The number of aromatic nitrogens is 1. The molecule has 1 aromatic carbocycles. The third-order valence-corrected chi connectivity index (χ3v) is 2.79. The van der Waals surface area contributed by atoms with Crippen molar-refractivity contribution in [3.8, 4) is 5.69 Å². The molecule has 1 heterocycles. The first-order chi connectivity index (χ1) is 9.13. The van der Waals surface area contributed by atoms with Crippen molar-refractivity contribution in [1.29, 1.82) is 0 Å². The third kappa shape index (κ3) is 2.71. The lowest BCUT2D eigenvalue weighted by molar-refractivity contribution is -0.140. The van der Waals surface area contributed by atoms with Crippen molar-refractivity contribution >= 4 is 11.8 Å². The number of ether oxygens (including phenoxy) is 1. The van der Waals surface area contributed by atoms with E-state index in [-0.39, 0.29) is 0 Å². The number of benzene rings is 1. The maximum atomic E-state index is 11.9. The molecule has 0 fully saturated rings. The van der Waals surface area contributed by atoms with Gasteiger partial charge >= 0.3 is 5.97 Å². The molecule has 0 aliphatic carbocycles. The summed E-state index contributed by atoms with van der Waals surface area (Å²) in [5.74, 6) is -1.19. The fourth-order valence-electron chi connectivity index (χ4n) is 1.72. The van der Waals surface area contributed by atoms with E-state index in [1.807, 2.05) is 29.1 Å². The fourth-order valence-corrected chi connectivity index (χ4v) is 1.72. The van der Waals surface area contributed by atoms with Gasteiger partial charge in [-0.1, -0.05) is 0 Å². The lowest BCUT2D eigenvalue weighted by Crippen LogP contribution is -2.39. The van der Waals surface area contributed by atoms with E-state index in [9.17, 15) is 9.59 Å². The van der Waals surface area contributed by atoms with Gasteiger partial charge in [0.25, 0.3) is 0 Å². The van der Waals surface area contributed by atoms with E-state index < -0.39 is 17.8 Å². The van der Waals surface area contributed by atoms with Gasteiger partial charge in [0, 0.05) is 23.6 Å². The summed E-state index contributed by atoms with van der Waals surface area (Å²) in [5, 5.41) is 0. The van der Waals surface area contributed by atoms with E-state index in [2.05, 4.69) is 4.74 Å². The van der Waals surface area contributed by atoms with Crippen LogP contribution in [0.1, 0.15) is 10.4 Å². The number of nitrogens with two attached hydrogens (primary N) is 1. The van der Waals surface area contributed by atoms with Gasteiger partial charge in [-0.2, -0.15) is 0 Å². The number of methoxy groups -OCH3 is 1. The molecule has 2 N–H and O–H groups in total. The highest BCUT2D eigenvalue weighted by Gasteiger charge is 2.23. The number of esters is 1. The minimum atomic E-state index is -1.28. The smallest absolute Gasteiger partial charge is 0.330 e. The van der Waals surface area contributed by atoms with Crippen molar-refractivity contribution in [2.45, 2.75) is 6.04 Å². The Kier molecular flexibility index (Phi) is 3.77. The van der Waals surface area contributed by atoms with E-state index >= 15 is 0 Å². The Labute approximate surface area is 110 Å². The van der Waals surface area contributed by atoms with Gasteiger partial charge in [0.05, 0.1) is 7.11 Å². The van der Waals surface area contributed by atoms with Crippen LogP contribution in [0.3, 0.4) is 0 Å². The van der Waals surface area contributed by atoms with Crippen LogP contribution in [-0.4, -0.2) is 29.5 Å². The zero-order valence-corrected chi connectivity index (χ0v) is 10.4. The molecule has 0 aliphatic rings. The normalized spacial score (nSPS) is 11.9. The predicted octanol–water partition coefficient (Wildman–Crippen LogP) is 1.16. The van der Waals surface area contributed by atoms with E-state index in [1.54, 1.807) is 24.3 Å². The highest BCUT2D eigenvalue weighted by Crippen LogP contribution is 2.11. The van der Waals surface area contributed by atoms with Crippen LogP contribution in [0.15, 0.2) is 48.8 Å². The van der Waals surface area contributed by atoms with Crippen LogP contribution in [-0.2, 0) is 9.53 Å². The minimum Gasteiger partial charge on any atom is -0.468 e. The molecule has 0 radical (unpaired) electrons. The number of nitrogens with zero attached hydrogens (tertiary/aromatic N) is 1. The number of rotatable bonds is 4. The average Bonchev–Trinajstić information content (AvgIpc) is 2.99. The highest BCUT2D eigenvalue weighted by atomic mass is 16.5. The molecule has 5 heteroatoms. The Bertz CT molecular complexity index is 573. The molecule has 1 unspecified atom stereocenters. The van der Waals surface area contributed by atoms with Gasteiger partial charge in [0.1, 0.15) is 0 Å². The molecular formula is C14H14N2O3. The number of carbonyl (C=O) groups is 2. The number of Topliss-reactive ketones (excluding diaryl/α,β-unsaturated/α-hetero) is 1. The number of ketones is 1. The Morgan fingerprint density at radius 2 is 1.74 bits per heavy atom. The van der Waals surface area contributed by atoms with Gasteiger partial charge in [-0.25, -0.2) is 4.79 Å². The van der Waals surface area contributed by atoms with Crippen molar-refractivity contribution in [3.63, 3.8) is 0 Å². The topological polar surface area (TPSA) is 74.3 Å². The summed E-state index contributed by atoms with van der Waals surface area (Å²) < 4.78 is 6.36. The first-order valence-corrected chi connectivity index (χ1v) is 5.74. The molecule has 2 rings (SSSR count). The first-order valence-electron chi connectivity index (χ1n) is 5.74. The zero-order chi connectivity index (χ0) is 13.8. The highest BCUT2D eigenvalue weighted by molar-refractivity contribution is 6.11. The molecule has 0 bridgehead atoms. The summed E-state index contributed by atoms with van der Waals surface area (Å²) in [6, 6.07) is 9.40. The monoisotopic (exact) mass is 258 g/mol. The summed E-state index contributed by atoms with van der Waals surface area (Å²) in [4.78, 5) is 23.1. The standard InChI is InChI=1S/C14H14N2O3/c1-19-14(18)12(15)13(17)10-4-6-11(7-5-10)16-8-2-3-9-16/h2-9,12H,15H2,1H3. The molecular weight excluding hydrogens is 244 g/mol. The first kappa shape index (κ1) is 13.0. The maximum absolute atomic E-state index is 11.9. The summed E-state index contributed by atoms with van der Waals surface area (Å²) in [7, 11) is 1.20. The van der Waals surface area contributed by atoms with Crippen LogP contribution >= 0.6 is 0 Å². The summed E-state index contributed by atoms with van der Waals surface area (Å²) in [6.45, 7) is 0. The van der Waals surface area contributed by atoms with Gasteiger partial charge in [-0.3, -0.25) is 4.79 Å². The van der Waals surface area contributed by atoms with E-state index in [4.69, 9.17) is 5.73 Å². The molecule has 0 saturated heterocycles. The largest absolute Gasteiger partial charge is 0.468 e. The summed E-state index contributed by atoms with van der Waals surface area (Å²) in [6.07, 6.45) is 3.80. The van der Waals surface area contributed by atoms with Gasteiger partial charge in [-0.05, 0) is 36.4 Å². The van der Waals surface area contributed by atoms with Gasteiger partial charge in [0.15, 0.2) is 11.8 Å². The van der Waals surface area contributed by atoms with Crippen molar-refractivity contribution in [1.82, 2.24) is 4.57 Å². The molecule has 98 valence electrons. The van der Waals surface area contributed by atoms with Gasteiger partial charge in [-0.15, -0.1) is 0 Å². The van der Waals surface area contributed by atoms with Crippen molar-refractivity contribution in [2.24, 2.45) is 5.73 Å². The molecule has 5 nitrogen and oxygen atoms in total. The Morgan fingerprint density at radius 1 is 1.16 bits per heavy atom. The predicted molar refractivity (Wildman–Crippen MR) is 70.1 cm³/mol. The van der Waals surface area contributed by atoms with Crippen molar-refractivity contribution in [2.75, 3.05) is 7.11 Å². The molecule has 1 aromatic heterocycles. The molecule has 0 saturated carbocycles. The Balaban J connectivity index is 2.19. The van der Waals surface area contributed by atoms with Gasteiger partial charge < -0.3 is 15.0 Å². The molecule has 0 aliphatic heterocycles. The van der Waals surface area contributed by atoms with Crippen LogP contribution in [0, 0.1) is 0 Å². The second-order valence-electron chi connectivity index (χ2n) is 4.00. The van der Waals surface area contributed by atoms with E-state index in [0.29, 0.717) is 5.56 Å². The lowest BCUT2D eigenvalue weighted by atomic mass is 10.0. The second-order valence-corrected chi connectivity index (χ2v) is 4.00. The molecule has 1 atom stereocenters. The minimum absolute atomic E-state index is 0.383. The Hall–Kier alpha value is -2.40. The van der Waals surface area contributed by atoms with E-state index in [0.717, 1.165) is 5.69 Å². The van der Waals surface area contributed by atoms with Crippen LogP contribution in [0.25, 0.3) is 5.69 Å². The van der Waals surface area contributed by atoms with Gasteiger partial charge in [0.2, 0.25) is 0 Å². The second kappa shape index (κ2) is 5.49. The summed E-state index contributed by atoms with van der Waals surface area (Å²) >= 11 is 0. The number of carbonyl (C=O) groups excluding carboxylic acids is 2.